The highest BCUT2D eigenvalue weighted by Crippen LogP contribution is 2.27. The summed E-state index contributed by atoms with van der Waals surface area (Å²) in [6, 6.07) is 5.54. The minimum atomic E-state index is -0.0831. The molecule has 1 fully saturated rings. The van der Waals surface area contributed by atoms with Crippen LogP contribution in [0.4, 0.5) is 11.4 Å². The average Bonchev–Trinajstić information content (AvgIpc) is 3.22. The number of halogens is 1. The number of nitrogen functional groups attached to an aromatic ring is 1. The van der Waals surface area contributed by atoms with Crippen molar-refractivity contribution in [2.75, 3.05) is 30.7 Å². The minimum absolute atomic E-state index is 0.0831. The molecule has 0 radical (unpaired) electrons. The van der Waals surface area contributed by atoms with Crippen molar-refractivity contribution in [2.45, 2.75) is 25.3 Å². The van der Waals surface area contributed by atoms with Gasteiger partial charge in [0.2, 0.25) is 5.91 Å². The molecule has 0 unspecified atom stereocenters. The number of anilines is 2. The van der Waals surface area contributed by atoms with Crippen molar-refractivity contribution in [3.05, 3.63) is 23.2 Å². The van der Waals surface area contributed by atoms with Crippen LogP contribution < -0.4 is 11.1 Å². The zero-order chi connectivity index (χ0) is 14.5. The summed E-state index contributed by atoms with van der Waals surface area (Å²) in [5.74, 6) is -0.0831. The van der Waals surface area contributed by atoms with Gasteiger partial charge in [-0.15, -0.1) is 0 Å². The molecule has 2 rings (SSSR count). The Morgan fingerprint density at radius 2 is 2.20 bits per heavy atom. The van der Waals surface area contributed by atoms with Crippen molar-refractivity contribution in [3.8, 4) is 0 Å². The molecule has 0 atom stereocenters. The van der Waals surface area contributed by atoms with Crippen molar-refractivity contribution in [1.29, 1.82) is 0 Å². The van der Waals surface area contributed by atoms with Gasteiger partial charge in [0.15, 0.2) is 0 Å². The van der Waals surface area contributed by atoms with Crippen LogP contribution in [0.1, 0.15) is 19.3 Å². The van der Waals surface area contributed by atoms with E-state index in [1.54, 1.807) is 18.2 Å². The van der Waals surface area contributed by atoms with Crippen LogP contribution in [0.15, 0.2) is 18.2 Å². The lowest BCUT2D eigenvalue weighted by molar-refractivity contribution is -0.116. The highest BCUT2D eigenvalue weighted by Gasteiger charge is 2.28. The molecule has 0 bridgehead atoms. The summed E-state index contributed by atoms with van der Waals surface area (Å²) in [4.78, 5) is 14.1. The van der Waals surface area contributed by atoms with Gasteiger partial charge in [0, 0.05) is 31.2 Å². The first-order chi connectivity index (χ1) is 9.60. The Bertz CT molecular complexity index is 477. The molecule has 1 aliphatic rings. The van der Waals surface area contributed by atoms with E-state index in [-0.39, 0.29) is 12.5 Å². The molecule has 1 aromatic carbocycles. The number of rotatable bonds is 7. The molecule has 0 aromatic heterocycles. The van der Waals surface area contributed by atoms with E-state index < -0.39 is 0 Å². The zero-order valence-corrected chi connectivity index (χ0v) is 12.1. The first-order valence-electron chi connectivity index (χ1n) is 6.80. The zero-order valence-electron chi connectivity index (χ0n) is 11.3. The molecule has 1 amide bonds. The Balaban J connectivity index is 1.82. The van der Waals surface area contributed by atoms with Gasteiger partial charge in [-0.25, -0.2) is 0 Å². The summed E-state index contributed by atoms with van der Waals surface area (Å²) in [5.41, 5.74) is 6.74. The van der Waals surface area contributed by atoms with Crippen LogP contribution in [0, 0.1) is 0 Å². The first kappa shape index (κ1) is 15.1. The maximum atomic E-state index is 11.9. The average molecular weight is 298 g/mol. The van der Waals surface area contributed by atoms with Gasteiger partial charge < -0.3 is 16.2 Å². The summed E-state index contributed by atoms with van der Waals surface area (Å²) >= 11 is 6.01. The number of nitrogens with one attached hydrogen (secondary N) is 1. The number of aliphatic hydroxyl groups is 1. The standard InChI is InChI=1S/C14H20ClN3O2/c15-12-9-10(16)1-4-13(12)17-14(20)5-6-18(7-8-19)11-2-3-11/h1,4,9,11,19H,2-3,5-8,16H2,(H,17,20). The summed E-state index contributed by atoms with van der Waals surface area (Å²) in [7, 11) is 0. The van der Waals surface area contributed by atoms with E-state index in [2.05, 4.69) is 10.2 Å². The van der Waals surface area contributed by atoms with Crippen LogP contribution in [-0.2, 0) is 4.79 Å². The van der Waals surface area contributed by atoms with Gasteiger partial charge in [-0.2, -0.15) is 0 Å². The van der Waals surface area contributed by atoms with E-state index in [1.165, 1.54) is 0 Å². The summed E-state index contributed by atoms with van der Waals surface area (Å²) in [5, 5.41) is 12.2. The molecule has 20 heavy (non-hydrogen) atoms. The second-order valence-corrected chi connectivity index (χ2v) is 5.44. The molecule has 0 saturated heterocycles. The molecular weight excluding hydrogens is 278 g/mol. The highest BCUT2D eigenvalue weighted by molar-refractivity contribution is 6.34. The number of aliphatic hydroxyl groups excluding tert-OH is 1. The molecule has 4 N–H and O–H groups in total. The van der Waals surface area contributed by atoms with Crippen molar-refractivity contribution in [3.63, 3.8) is 0 Å². The van der Waals surface area contributed by atoms with Crippen molar-refractivity contribution in [1.82, 2.24) is 4.90 Å². The third-order valence-corrected chi connectivity index (χ3v) is 3.66. The van der Waals surface area contributed by atoms with Gasteiger partial charge in [0.1, 0.15) is 0 Å². The number of amides is 1. The molecule has 0 aliphatic heterocycles. The molecule has 5 nitrogen and oxygen atoms in total. The predicted molar refractivity (Wildman–Crippen MR) is 80.8 cm³/mol. The Hall–Kier alpha value is -1.30. The number of benzene rings is 1. The van der Waals surface area contributed by atoms with Gasteiger partial charge >= 0.3 is 0 Å². The van der Waals surface area contributed by atoms with Crippen LogP contribution in [0.25, 0.3) is 0 Å². The highest BCUT2D eigenvalue weighted by atomic mass is 35.5. The molecule has 1 aromatic rings. The molecule has 110 valence electrons. The molecule has 6 heteroatoms. The summed E-state index contributed by atoms with van der Waals surface area (Å²) < 4.78 is 0. The number of hydrogen-bond acceptors (Lipinski definition) is 4. The van der Waals surface area contributed by atoms with Crippen LogP contribution in [0.2, 0.25) is 5.02 Å². The van der Waals surface area contributed by atoms with Gasteiger partial charge in [0.25, 0.3) is 0 Å². The minimum Gasteiger partial charge on any atom is -0.399 e. The normalized spacial score (nSPS) is 14.6. The van der Waals surface area contributed by atoms with Gasteiger partial charge in [-0.1, -0.05) is 11.6 Å². The molecule has 1 aliphatic carbocycles. The van der Waals surface area contributed by atoms with Crippen molar-refractivity contribution >= 4 is 28.9 Å². The summed E-state index contributed by atoms with van der Waals surface area (Å²) in [6.45, 7) is 1.41. The Kier molecular flexibility index (Phi) is 5.23. The fourth-order valence-corrected chi connectivity index (χ4v) is 2.37. The second-order valence-electron chi connectivity index (χ2n) is 5.03. The third kappa shape index (κ3) is 4.37. The van der Waals surface area contributed by atoms with E-state index in [4.69, 9.17) is 22.4 Å². The largest absolute Gasteiger partial charge is 0.399 e. The van der Waals surface area contributed by atoms with Crippen LogP contribution in [-0.4, -0.2) is 41.7 Å². The molecular formula is C14H20ClN3O2. The van der Waals surface area contributed by atoms with Crippen LogP contribution in [0.3, 0.4) is 0 Å². The van der Waals surface area contributed by atoms with E-state index in [0.717, 1.165) is 12.8 Å². The van der Waals surface area contributed by atoms with Gasteiger partial charge in [-0.3, -0.25) is 9.69 Å². The first-order valence-corrected chi connectivity index (χ1v) is 7.17. The molecule has 0 heterocycles. The number of carbonyl (C=O) groups is 1. The number of nitrogens with zero attached hydrogens (tertiary/aromatic N) is 1. The smallest absolute Gasteiger partial charge is 0.225 e. The third-order valence-electron chi connectivity index (χ3n) is 3.34. The van der Waals surface area contributed by atoms with E-state index in [0.29, 0.717) is 41.9 Å². The lowest BCUT2D eigenvalue weighted by atomic mass is 10.2. The van der Waals surface area contributed by atoms with Crippen molar-refractivity contribution in [2.24, 2.45) is 0 Å². The lowest BCUT2D eigenvalue weighted by Crippen LogP contribution is -2.32. The Morgan fingerprint density at radius 1 is 1.45 bits per heavy atom. The maximum absolute atomic E-state index is 11.9. The predicted octanol–water partition coefficient (Wildman–Crippen LogP) is 1.71. The molecule has 1 saturated carbocycles. The SMILES string of the molecule is Nc1ccc(NC(=O)CCN(CCO)C2CC2)c(Cl)c1. The quantitative estimate of drug-likeness (QED) is 0.670. The van der Waals surface area contributed by atoms with E-state index in [1.807, 2.05) is 0 Å². The number of hydrogen-bond donors (Lipinski definition) is 3. The number of nitrogens with two attached hydrogens (primary N) is 1. The van der Waals surface area contributed by atoms with Gasteiger partial charge in [0.05, 0.1) is 17.3 Å². The summed E-state index contributed by atoms with van der Waals surface area (Å²) in [6.07, 6.45) is 2.70. The lowest BCUT2D eigenvalue weighted by Gasteiger charge is -2.20. The van der Waals surface area contributed by atoms with Gasteiger partial charge in [-0.05, 0) is 31.0 Å². The van der Waals surface area contributed by atoms with Crippen LogP contribution in [0.5, 0.6) is 0 Å². The monoisotopic (exact) mass is 297 g/mol. The fraction of sp³-hybridized carbons (Fsp3) is 0.500. The molecule has 0 spiro atoms. The Morgan fingerprint density at radius 3 is 2.80 bits per heavy atom. The number of carbonyl (C=O) groups excluding carboxylic acids is 1. The van der Waals surface area contributed by atoms with Crippen LogP contribution >= 0.6 is 11.6 Å². The van der Waals surface area contributed by atoms with E-state index >= 15 is 0 Å². The maximum Gasteiger partial charge on any atom is 0.225 e. The fourth-order valence-electron chi connectivity index (χ4n) is 2.14. The van der Waals surface area contributed by atoms with E-state index in [9.17, 15) is 4.79 Å². The second kappa shape index (κ2) is 6.92. The Labute approximate surface area is 123 Å². The topological polar surface area (TPSA) is 78.6 Å². The van der Waals surface area contributed by atoms with Crippen molar-refractivity contribution < 1.29 is 9.90 Å².